The first-order chi connectivity index (χ1) is 19.4. The molecule has 0 bridgehead atoms. The van der Waals surface area contributed by atoms with Gasteiger partial charge in [-0.05, 0) is 66.3 Å². The van der Waals surface area contributed by atoms with E-state index < -0.39 is 0 Å². The van der Waals surface area contributed by atoms with Crippen LogP contribution in [0, 0.1) is 25.2 Å². The Balaban J connectivity index is 1.53. The molecule has 4 aromatic rings. The largest absolute Gasteiger partial charge is 0.493 e. The SMILES string of the molecule is Cc1c(COc2cc(OCc3cncc(C#N)c3)c(C=O)cc2Cl)cccc1-c1cccc(OCCCCl)c1C. The Morgan fingerprint density at radius 3 is 2.40 bits per heavy atom. The van der Waals surface area contributed by atoms with Crippen molar-refractivity contribution in [3.05, 3.63) is 105 Å². The summed E-state index contributed by atoms with van der Waals surface area (Å²) in [6.07, 6.45) is 4.54. The second-order valence-corrected chi connectivity index (χ2v) is 9.90. The highest BCUT2D eigenvalue weighted by Gasteiger charge is 2.15. The van der Waals surface area contributed by atoms with E-state index in [9.17, 15) is 4.79 Å². The third-order valence-corrected chi connectivity index (χ3v) is 7.01. The molecule has 1 heterocycles. The maximum Gasteiger partial charge on any atom is 0.153 e. The molecule has 204 valence electrons. The number of alkyl halides is 1. The normalized spacial score (nSPS) is 10.6. The minimum atomic E-state index is 0.125. The molecular weight excluding hydrogens is 547 g/mol. The number of aldehydes is 1. The Kier molecular flexibility index (Phi) is 10.0. The quantitative estimate of drug-likeness (QED) is 0.0972. The van der Waals surface area contributed by atoms with Crippen LogP contribution in [0.15, 0.2) is 67.0 Å². The van der Waals surface area contributed by atoms with E-state index in [1.54, 1.807) is 18.3 Å². The molecule has 8 heteroatoms. The number of hydrogen-bond acceptors (Lipinski definition) is 6. The molecule has 0 aliphatic carbocycles. The fourth-order valence-electron chi connectivity index (χ4n) is 4.25. The van der Waals surface area contributed by atoms with E-state index in [2.05, 4.69) is 31.0 Å². The van der Waals surface area contributed by atoms with E-state index in [-0.39, 0.29) is 13.2 Å². The zero-order valence-electron chi connectivity index (χ0n) is 22.2. The average molecular weight is 575 g/mol. The van der Waals surface area contributed by atoms with Crippen LogP contribution in [0.2, 0.25) is 5.02 Å². The number of carbonyl (C=O) groups is 1. The maximum atomic E-state index is 11.7. The lowest BCUT2D eigenvalue weighted by Gasteiger charge is -2.17. The highest BCUT2D eigenvalue weighted by Crippen LogP contribution is 2.36. The van der Waals surface area contributed by atoms with Crippen LogP contribution in [-0.2, 0) is 13.2 Å². The van der Waals surface area contributed by atoms with Crippen LogP contribution in [0.3, 0.4) is 0 Å². The molecule has 0 atom stereocenters. The third kappa shape index (κ3) is 6.93. The second-order valence-electron chi connectivity index (χ2n) is 9.12. The van der Waals surface area contributed by atoms with E-state index in [1.807, 2.05) is 30.3 Å². The Morgan fingerprint density at radius 1 is 0.900 bits per heavy atom. The number of ether oxygens (including phenoxy) is 3. The lowest BCUT2D eigenvalue weighted by Crippen LogP contribution is -2.03. The maximum absolute atomic E-state index is 11.7. The van der Waals surface area contributed by atoms with Crippen molar-refractivity contribution >= 4 is 29.5 Å². The van der Waals surface area contributed by atoms with Crippen molar-refractivity contribution in [3.8, 4) is 34.4 Å². The summed E-state index contributed by atoms with van der Waals surface area (Å²) in [5.41, 5.74) is 6.71. The molecule has 0 radical (unpaired) electrons. The van der Waals surface area contributed by atoms with Crippen LogP contribution in [0.25, 0.3) is 11.1 Å². The summed E-state index contributed by atoms with van der Waals surface area (Å²) in [5, 5.41) is 9.40. The summed E-state index contributed by atoms with van der Waals surface area (Å²) in [7, 11) is 0. The first kappa shape index (κ1) is 28.9. The van der Waals surface area contributed by atoms with Crippen LogP contribution in [-0.4, -0.2) is 23.8 Å². The molecular formula is C32H28Cl2N2O4. The number of hydrogen-bond donors (Lipinski definition) is 0. The van der Waals surface area contributed by atoms with Crippen molar-refractivity contribution in [2.24, 2.45) is 0 Å². The van der Waals surface area contributed by atoms with E-state index in [1.165, 1.54) is 12.3 Å². The van der Waals surface area contributed by atoms with Gasteiger partial charge in [-0.3, -0.25) is 9.78 Å². The zero-order valence-corrected chi connectivity index (χ0v) is 23.8. The van der Waals surface area contributed by atoms with Gasteiger partial charge in [0.2, 0.25) is 0 Å². The topological polar surface area (TPSA) is 81.4 Å². The number of rotatable bonds is 12. The number of carbonyl (C=O) groups excluding carboxylic acids is 1. The third-order valence-electron chi connectivity index (χ3n) is 6.45. The van der Waals surface area contributed by atoms with Gasteiger partial charge >= 0.3 is 0 Å². The number of nitriles is 1. The Labute approximate surface area is 244 Å². The minimum Gasteiger partial charge on any atom is -0.493 e. The van der Waals surface area contributed by atoms with Crippen molar-refractivity contribution in [1.29, 1.82) is 5.26 Å². The first-order valence-corrected chi connectivity index (χ1v) is 13.6. The molecule has 0 spiro atoms. The van der Waals surface area contributed by atoms with Gasteiger partial charge in [-0.25, -0.2) is 0 Å². The fraction of sp³-hybridized carbons (Fsp3) is 0.219. The summed E-state index contributed by atoms with van der Waals surface area (Å²) in [6, 6.07) is 19.0. The lowest BCUT2D eigenvalue weighted by molar-refractivity contribution is 0.111. The summed E-state index contributed by atoms with van der Waals surface area (Å²) in [5.74, 6) is 2.11. The highest BCUT2D eigenvalue weighted by atomic mass is 35.5. The lowest BCUT2D eigenvalue weighted by atomic mass is 9.93. The average Bonchev–Trinajstić information content (AvgIpc) is 2.97. The van der Waals surface area contributed by atoms with Gasteiger partial charge in [0.15, 0.2) is 6.29 Å². The van der Waals surface area contributed by atoms with Crippen LogP contribution in [0.4, 0.5) is 0 Å². The van der Waals surface area contributed by atoms with E-state index >= 15 is 0 Å². The monoisotopic (exact) mass is 574 g/mol. The van der Waals surface area contributed by atoms with Crippen LogP contribution in [0.5, 0.6) is 17.2 Å². The Bertz CT molecular complexity index is 1550. The van der Waals surface area contributed by atoms with Gasteiger partial charge in [0, 0.05) is 29.9 Å². The van der Waals surface area contributed by atoms with Crippen LogP contribution < -0.4 is 14.2 Å². The smallest absolute Gasteiger partial charge is 0.153 e. The molecule has 0 N–H and O–H groups in total. The minimum absolute atomic E-state index is 0.125. The van der Waals surface area contributed by atoms with Gasteiger partial charge in [0.1, 0.15) is 36.5 Å². The van der Waals surface area contributed by atoms with E-state index in [0.29, 0.717) is 52.0 Å². The molecule has 0 aliphatic rings. The fourth-order valence-corrected chi connectivity index (χ4v) is 4.59. The van der Waals surface area contributed by atoms with Crippen molar-refractivity contribution in [2.75, 3.05) is 12.5 Å². The van der Waals surface area contributed by atoms with E-state index in [0.717, 1.165) is 40.0 Å². The number of pyridine rings is 1. The van der Waals surface area contributed by atoms with Gasteiger partial charge in [0.25, 0.3) is 0 Å². The summed E-state index contributed by atoms with van der Waals surface area (Å²) in [6.45, 7) is 5.07. The van der Waals surface area contributed by atoms with Gasteiger partial charge in [-0.1, -0.05) is 41.9 Å². The number of benzene rings is 3. The molecule has 0 aliphatic heterocycles. The molecule has 0 amide bonds. The Morgan fingerprint density at radius 2 is 1.65 bits per heavy atom. The summed E-state index contributed by atoms with van der Waals surface area (Å²) >= 11 is 12.2. The first-order valence-electron chi connectivity index (χ1n) is 12.7. The molecule has 40 heavy (non-hydrogen) atoms. The predicted molar refractivity (Wildman–Crippen MR) is 157 cm³/mol. The number of nitrogens with zero attached hydrogens (tertiary/aromatic N) is 2. The molecule has 0 fully saturated rings. The number of halogens is 2. The van der Waals surface area contributed by atoms with Gasteiger partial charge < -0.3 is 14.2 Å². The molecule has 0 saturated carbocycles. The molecule has 3 aromatic carbocycles. The summed E-state index contributed by atoms with van der Waals surface area (Å²) < 4.78 is 17.9. The van der Waals surface area contributed by atoms with Crippen molar-refractivity contribution < 1.29 is 19.0 Å². The van der Waals surface area contributed by atoms with Gasteiger partial charge in [-0.2, -0.15) is 5.26 Å². The molecule has 6 nitrogen and oxygen atoms in total. The highest BCUT2D eigenvalue weighted by molar-refractivity contribution is 6.32. The zero-order chi connectivity index (χ0) is 28.5. The standard InChI is InChI=1S/C32H28Cl2N2O4/c1-21-25(6-3-7-27(21)28-8-4-9-30(22(28)2)38-11-5-10-33)20-40-32-14-31(26(18-37)13-29(32)34)39-19-24-12-23(15-35)16-36-17-24/h3-4,6-9,12-14,16-18H,5,10-11,19-20H2,1-2H3. The van der Waals surface area contributed by atoms with E-state index in [4.69, 9.17) is 42.7 Å². The predicted octanol–water partition coefficient (Wildman–Crippen LogP) is 7.87. The molecule has 1 aromatic heterocycles. The molecule has 4 rings (SSSR count). The van der Waals surface area contributed by atoms with Crippen molar-refractivity contribution in [3.63, 3.8) is 0 Å². The molecule has 0 saturated heterocycles. The molecule has 0 unspecified atom stereocenters. The number of aromatic nitrogens is 1. The van der Waals surface area contributed by atoms with Crippen LogP contribution >= 0.6 is 23.2 Å². The summed E-state index contributed by atoms with van der Waals surface area (Å²) in [4.78, 5) is 15.7. The second kappa shape index (κ2) is 13.8. The van der Waals surface area contributed by atoms with Gasteiger partial charge in [0.05, 0.1) is 22.8 Å². The Hall–Kier alpha value is -4.05. The van der Waals surface area contributed by atoms with Crippen molar-refractivity contribution in [2.45, 2.75) is 33.5 Å². The van der Waals surface area contributed by atoms with Crippen LogP contribution in [0.1, 0.15) is 44.6 Å². The van der Waals surface area contributed by atoms with Gasteiger partial charge in [-0.15, -0.1) is 11.6 Å². The van der Waals surface area contributed by atoms with Crippen molar-refractivity contribution in [1.82, 2.24) is 4.98 Å².